The second kappa shape index (κ2) is 7.53. The molecular weight excluding hydrogens is 290 g/mol. The van der Waals surface area contributed by atoms with Gasteiger partial charge in [-0.1, -0.05) is 6.07 Å². The van der Waals surface area contributed by atoms with Crippen LogP contribution in [0.25, 0.3) is 0 Å². The van der Waals surface area contributed by atoms with Crippen LogP contribution in [-0.2, 0) is 10.0 Å². The van der Waals surface area contributed by atoms with Crippen molar-refractivity contribution in [2.75, 3.05) is 41.3 Å². The molecule has 0 unspecified atom stereocenters. The van der Waals surface area contributed by atoms with Gasteiger partial charge in [0.2, 0.25) is 10.0 Å². The van der Waals surface area contributed by atoms with Crippen LogP contribution in [0.4, 0.5) is 0 Å². The number of benzene rings is 1. The Bertz CT molecular complexity index is 583. The molecule has 0 radical (unpaired) electrons. The Hall–Kier alpha value is -1.44. The van der Waals surface area contributed by atoms with Crippen LogP contribution >= 0.6 is 0 Å². The number of carbonyl (C=O) groups is 1. The van der Waals surface area contributed by atoms with Gasteiger partial charge in [0.1, 0.15) is 0 Å². The maximum Gasteiger partial charge on any atom is 0.251 e. The van der Waals surface area contributed by atoms with Crippen molar-refractivity contribution in [1.82, 2.24) is 9.62 Å². The van der Waals surface area contributed by atoms with Crippen molar-refractivity contribution in [3.05, 3.63) is 29.8 Å². The van der Waals surface area contributed by atoms with Gasteiger partial charge in [-0.15, -0.1) is 0 Å². The molecule has 1 aromatic carbocycles. The Morgan fingerprint density at radius 3 is 2.52 bits per heavy atom. The first kappa shape index (κ1) is 17.6. The molecule has 1 rings (SSSR count). The second-order valence-electron chi connectivity index (χ2n) is 5.38. The molecule has 0 aliphatic heterocycles. The average molecular weight is 314 g/mol. The van der Waals surface area contributed by atoms with Crippen LogP contribution < -0.4 is 10.2 Å². The fraction of sp³-hybridized carbons (Fsp3) is 0.500. The van der Waals surface area contributed by atoms with E-state index >= 15 is 0 Å². The van der Waals surface area contributed by atoms with Crippen molar-refractivity contribution in [2.24, 2.45) is 0 Å². The van der Waals surface area contributed by atoms with Crippen molar-refractivity contribution < 1.29 is 18.1 Å². The van der Waals surface area contributed by atoms with Gasteiger partial charge in [0.25, 0.3) is 5.91 Å². The summed E-state index contributed by atoms with van der Waals surface area (Å²) in [4.78, 5) is 13.5. The van der Waals surface area contributed by atoms with Crippen molar-refractivity contribution in [3.8, 4) is 0 Å². The van der Waals surface area contributed by atoms with Gasteiger partial charge >= 0.3 is 0 Å². The third-order valence-electron chi connectivity index (χ3n) is 3.01. The Kier molecular flexibility index (Phi) is 6.32. The van der Waals surface area contributed by atoms with Crippen LogP contribution in [0.15, 0.2) is 29.2 Å². The Labute approximate surface area is 126 Å². The first-order chi connectivity index (χ1) is 9.75. The van der Waals surface area contributed by atoms with Crippen LogP contribution in [0.1, 0.15) is 16.8 Å². The number of nitrogens with zero attached hydrogens (tertiary/aromatic N) is 1. The SMILES string of the molecule is CN(C)S(=O)(=O)c1cccc(C(=O)NCCC[NH+](C)C)c1. The molecule has 0 aromatic heterocycles. The summed E-state index contributed by atoms with van der Waals surface area (Å²) >= 11 is 0. The summed E-state index contributed by atoms with van der Waals surface area (Å²) in [6, 6.07) is 6.08. The number of amides is 1. The smallest absolute Gasteiger partial charge is 0.251 e. The van der Waals surface area contributed by atoms with Crippen LogP contribution in [0, 0.1) is 0 Å². The van der Waals surface area contributed by atoms with E-state index in [-0.39, 0.29) is 10.8 Å². The summed E-state index contributed by atoms with van der Waals surface area (Å²) in [5, 5.41) is 2.80. The van der Waals surface area contributed by atoms with Gasteiger partial charge in [-0.2, -0.15) is 0 Å². The normalized spacial score (nSPS) is 11.9. The van der Waals surface area contributed by atoms with E-state index in [9.17, 15) is 13.2 Å². The molecule has 1 aromatic rings. The van der Waals surface area contributed by atoms with Gasteiger partial charge in [-0.25, -0.2) is 12.7 Å². The molecule has 0 heterocycles. The molecule has 0 aliphatic carbocycles. The summed E-state index contributed by atoms with van der Waals surface area (Å²) in [6.07, 6.45) is 0.879. The van der Waals surface area contributed by atoms with E-state index < -0.39 is 10.0 Å². The topological polar surface area (TPSA) is 70.9 Å². The maximum absolute atomic E-state index is 12.0. The third kappa shape index (κ3) is 5.11. The van der Waals surface area contributed by atoms with Crippen molar-refractivity contribution in [1.29, 1.82) is 0 Å². The minimum absolute atomic E-state index is 0.123. The highest BCUT2D eigenvalue weighted by Gasteiger charge is 2.18. The molecule has 0 atom stereocenters. The first-order valence-electron chi connectivity index (χ1n) is 6.85. The number of nitrogens with one attached hydrogen (secondary N) is 2. The van der Waals surface area contributed by atoms with Crippen molar-refractivity contribution >= 4 is 15.9 Å². The average Bonchev–Trinajstić information content (AvgIpc) is 2.43. The first-order valence-corrected chi connectivity index (χ1v) is 8.29. The summed E-state index contributed by atoms with van der Waals surface area (Å²) in [5.74, 6) is -0.250. The number of rotatable bonds is 7. The molecular formula is C14H24N3O3S+. The fourth-order valence-electron chi connectivity index (χ4n) is 1.75. The number of carbonyl (C=O) groups excluding carboxylic acids is 1. The molecule has 0 aliphatic rings. The maximum atomic E-state index is 12.0. The number of hydrogen-bond acceptors (Lipinski definition) is 3. The standard InChI is InChI=1S/C14H23N3O3S/c1-16(2)10-6-9-15-14(18)12-7-5-8-13(11-12)21(19,20)17(3)4/h5,7-8,11H,6,9-10H2,1-4H3,(H,15,18)/p+1. The fourth-order valence-corrected chi connectivity index (χ4v) is 2.70. The molecule has 21 heavy (non-hydrogen) atoms. The van der Waals surface area contributed by atoms with E-state index in [0.29, 0.717) is 12.1 Å². The Balaban J connectivity index is 2.74. The minimum atomic E-state index is -3.52. The van der Waals surface area contributed by atoms with E-state index in [1.54, 1.807) is 12.1 Å². The zero-order chi connectivity index (χ0) is 16.0. The molecule has 7 heteroatoms. The molecule has 6 nitrogen and oxygen atoms in total. The van der Waals surface area contributed by atoms with Crippen molar-refractivity contribution in [3.63, 3.8) is 0 Å². The molecule has 2 N–H and O–H groups in total. The largest absolute Gasteiger partial charge is 0.352 e. The van der Waals surface area contributed by atoms with E-state index in [2.05, 4.69) is 19.4 Å². The zero-order valence-corrected chi connectivity index (χ0v) is 13.8. The zero-order valence-electron chi connectivity index (χ0n) is 13.0. The van der Waals surface area contributed by atoms with Crippen LogP contribution in [0.3, 0.4) is 0 Å². The summed E-state index contributed by atoms with van der Waals surface area (Å²) in [6.45, 7) is 1.55. The second-order valence-corrected chi connectivity index (χ2v) is 7.53. The number of sulfonamides is 1. The Morgan fingerprint density at radius 1 is 1.29 bits per heavy atom. The lowest BCUT2D eigenvalue weighted by Crippen LogP contribution is -3.05. The number of hydrogen-bond donors (Lipinski definition) is 2. The van der Waals surface area contributed by atoms with E-state index in [4.69, 9.17) is 0 Å². The van der Waals surface area contributed by atoms with Crippen LogP contribution in [0.2, 0.25) is 0 Å². The molecule has 0 bridgehead atoms. The van der Waals surface area contributed by atoms with E-state index in [1.807, 2.05) is 0 Å². The highest BCUT2D eigenvalue weighted by Crippen LogP contribution is 2.14. The van der Waals surface area contributed by atoms with Gasteiger partial charge < -0.3 is 10.2 Å². The Morgan fingerprint density at radius 2 is 1.95 bits per heavy atom. The van der Waals surface area contributed by atoms with Gasteiger partial charge in [0.15, 0.2) is 0 Å². The predicted molar refractivity (Wildman–Crippen MR) is 81.9 cm³/mol. The lowest BCUT2D eigenvalue weighted by atomic mass is 10.2. The summed E-state index contributed by atoms with van der Waals surface area (Å²) in [5.41, 5.74) is 0.357. The molecule has 1 amide bonds. The van der Waals surface area contributed by atoms with Crippen LogP contribution in [-0.4, -0.2) is 59.9 Å². The minimum Gasteiger partial charge on any atom is -0.352 e. The van der Waals surface area contributed by atoms with Crippen LogP contribution in [0.5, 0.6) is 0 Å². The summed E-state index contributed by atoms with van der Waals surface area (Å²) < 4.78 is 25.2. The van der Waals surface area contributed by atoms with Gasteiger partial charge in [-0.05, 0) is 18.2 Å². The lowest BCUT2D eigenvalue weighted by molar-refractivity contribution is -0.858. The van der Waals surface area contributed by atoms with Crippen molar-refractivity contribution in [2.45, 2.75) is 11.3 Å². The molecule has 0 saturated heterocycles. The van der Waals surface area contributed by atoms with Gasteiger partial charge in [0, 0.05) is 32.6 Å². The lowest BCUT2D eigenvalue weighted by Gasteiger charge is -2.12. The third-order valence-corrected chi connectivity index (χ3v) is 4.82. The predicted octanol–water partition coefficient (Wildman–Crippen LogP) is -0.799. The molecule has 0 fully saturated rings. The number of quaternary nitrogens is 1. The highest BCUT2D eigenvalue weighted by atomic mass is 32.2. The van der Waals surface area contributed by atoms with E-state index in [1.165, 1.54) is 31.1 Å². The highest BCUT2D eigenvalue weighted by molar-refractivity contribution is 7.89. The van der Waals surface area contributed by atoms with Gasteiger partial charge in [0.05, 0.1) is 25.5 Å². The monoisotopic (exact) mass is 314 g/mol. The van der Waals surface area contributed by atoms with Gasteiger partial charge in [-0.3, -0.25) is 4.79 Å². The molecule has 118 valence electrons. The summed E-state index contributed by atoms with van der Waals surface area (Å²) in [7, 11) is 3.51. The van der Waals surface area contributed by atoms with E-state index in [0.717, 1.165) is 17.3 Å². The molecule has 0 spiro atoms. The molecule has 0 saturated carbocycles. The quantitative estimate of drug-likeness (QED) is 0.648.